The molecule has 0 unspecified atom stereocenters. The predicted octanol–water partition coefficient (Wildman–Crippen LogP) is 2.81. The molecule has 0 aliphatic heterocycles. The van der Waals surface area contributed by atoms with E-state index in [2.05, 4.69) is 5.32 Å². The van der Waals surface area contributed by atoms with Gasteiger partial charge in [-0.25, -0.2) is 4.39 Å². The first kappa shape index (κ1) is 15.5. The highest BCUT2D eigenvalue weighted by Gasteiger charge is 2.23. The van der Waals surface area contributed by atoms with E-state index in [1.807, 2.05) is 0 Å². The van der Waals surface area contributed by atoms with Crippen LogP contribution in [-0.4, -0.2) is 23.1 Å². The Balaban J connectivity index is 1.80. The average molecular weight is 314 g/mol. The smallest absolute Gasteiger partial charge is 0.251 e. The summed E-state index contributed by atoms with van der Waals surface area (Å²) in [4.78, 5) is 12.3. The molecule has 2 atom stereocenters. The van der Waals surface area contributed by atoms with E-state index in [4.69, 9.17) is 5.73 Å². The first-order valence-corrected chi connectivity index (χ1v) is 7.68. The van der Waals surface area contributed by atoms with Gasteiger partial charge in [-0.2, -0.15) is 0 Å². The Bertz CT molecular complexity index is 733. The maximum atomic E-state index is 14.0. The van der Waals surface area contributed by atoms with E-state index in [1.165, 1.54) is 12.1 Å². The summed E-state index contributed by atoms with van der Waals surface area (Å²) in [5.41, 5.74) is 7.28. The van der Waals surface area contributed by atoms with Gasteiger partial charge in [-0.1, -0.05) is 12.1 Å². The molecule has 1 aliphatic rings. The number of benzene rings is 2. The lowest BCUT2D eigenvalue weighted by atomic mass is 10.0. The van der Waals surface area contributed by atoms with Crippen LogP contribution in [0.15, 0.2) is 42.5 Å². The maximum Gasteiger partial charge on any atom is 0.251 e. The van der Waals surface area contributed by atoms with Gasteiger partial charge in [-0.15, -0.1) is 0 Å². The summed E-state index contributed by atoms with van der Waals surface area (Å²) in [5, 5.41) is 12.3. The van der Waals surface area contributed by atoms with Crippen molar-refractivity contribution in [3.05, 3.63) is 53.8 Å². The maximum absolute atomic E-state index is 14.0. The Morgan fingerprint density at radius 1 is 1.22 bits per heavy atom. The number of aromatic hydroxyl groups is 1. The Morgan fingerprint density at radius 3 is 2.74 bits per heavy atom. The van der Waals surface area contributed by atoms with E-state index in [9.17, 15) is 14.3 Å². The number of amides is 1. The van der Waals surface area contributed by atoms with Crippen molar-refractivity contribution < 1.29 is 14.3 Å². The molecule has 120 valence electrons. The van der Waals surface area contributed by atoms with Gasteiger partial charge in [0.2, 0.25) is 0 Å². The van der Waals surface area contributed by atoms with Crippen molar-refractivity contribution in [1.29, 1.82) is 0 Å². The van der Waals surface area contributed by atoms with Crippen LogP contribution in [0.5, 0.6) is 5.75 Å². The summed E-state index contributed by atoms with van der Waals surface area (Å²) >= 11 is 0. The van der Waals surface area contributed by atoms with Gasteiger partial charge in [0.15, 0.2) is 0 Å². The van der Waals surface area contributed by atoms with E-state index in [-0.39, 0.29) is 23.7 Å². The largest absolute Gasteiger partial charge is 0.508 e. The third-order valence-electron chi connectivity index (χ3n) is 4.20. The molecule has 4 N–H and O–H groups in total. The molecule has 0 aromatic heterocycles. The molecule has 1 aliphatic carbocycles. The van der Waals surface area contributed by atoms with Gasteiger partial charge in [-0.05, 0) is 49.1 Å². The second-order valence-corrected chi connectivity index (χ2v) is 5.99. The number of nitrogens with one attached hydrogen (secondary N) is 1. The zero-order valence-corrected chi connectivity index (χ0v) is 12.6. The zero-order valence-electron chi connectivity index (χ0n) is 12.6. The Kier molecular flexibility index (Phi) is 4.30. The lowest BCUT2D eigenvalue weighted by Crippen LogP contribution is -2.34. The lowest BCUT2D eigenvalue weighted by molar-refractivity contribution is 0.0937. The SMILES string of the molecule is N[C@@H]1CC[C@H](NC(=O)c2cccc(-c3ccc(O)cc3F)c2)C1. The van der Waals surface area contributed by atoms with Gasteiger partial charge < -0.3 is 16.2 Å². The number of hydrogen-bond donors (Lipinski definition) is 3. The topological polar surface area (TPSA) is 75.3 Å². The number of carbonyl (C=O) groups excluding carboxylic acids is 1. The molecule has 2 aromatic carbocycles. The van der Waals surface area contributed by atoms with Crippen molar-refractivity contribution in [1.82, 2.24) is 5.32 Å². The normalized spacial score (nSPS) is 20.4. The summed E-state index contributed by atoms with van der Waals surface area (Å²) in [6.07, 6.45) is 2.60. The number of phenols is 1. The van der Waals surface area contributed by atoms with Crippen LogP contribution in [0.2, 0.25) is 0 Å². The molecule has 1 saturated carbocycles. The van der Waals surface area contributed by atoms with E-state index >= 15 is 0 Å². The molecule has 1 amide bonds. The Morgan fingerprint density at radius 2 is 2.04 bits per heavy atom. The summed E-state index contributed by atoms with van der Waals surface area (Å²) < 4.78 is 14.0. The standard InChI is InChI=1S/C18H19FN2O2/c19-17-10-15(22)6-7-16(17)11-2-1-3-12(8-11)18(23)21-14-5-4-13(20)9-14/h1-3,6-8,10,13-14,22H,4-5,9,20H2,(H,21,23)/t13-,14+/m1/s1. The molecule has 0 saturated heterocycles. The Labute approximate surface area is 134 Å². The summed E-state index contributed by atoms with van der Waals surface area (Å²) in [6, 6.07) is 11.0. The molecule has 0 spiro atoms. The quantitative estimate of drug-likeness (QED) is 0.815. The molecule has 23 heavy (non-hydrogen) atoms. The molecule has 4 nitrogen and oxygen atoms in total. The van der Waals surface area contributed by atoms with Crippen LogP contribution >= 0.6 is 0 Å². The van der Waals surface area contributed by atoms with E-state index in [0.29, 0.717) is 16.7 Å². The Hall–Kier alpha value is -2.40. The van der Waals surface area contributed by atoms with Crippen LogP contribution in [0.4, 0.5) is 4.39 Å². The third-order valence-corrected chi connectivity index (χ3v) is 4.20. The summed E-state index contributed by atoms with van der Waals surface area (Å²) in [5.74, 6) is -0.827. The predicted molar refractivity (Wildman–Crippen MR) is 86.6 cm³/mol. The van der Waals surface area contributed by atoms with Crippen LogP contribution in [0.1, 0.15) is 29.6 Å². The molecule has 0 heterocycles. The van der Waals surface area contributed by atoms with Gasteiger partial charge in [0.25, 0.3) is 5.91 Å². The molecule has 0 radical (unpaired) electrons. The fourth-order valence-corrected chi connectivity index (χ4v) is 2.98. The summed E-state index contributed by atoms with van der Waals surface area (Å²) in [7, 11) is 0. The monoisotopic (exact) mass is 314 g/mol. The zero-order chi connectivity index (χ0) is 16.4. The fourth-order valence-electron chi connectivity index (χ4n) is 2.98. The first-order chi connectivity index (χ1) is 11.0. The molecule has 1 fully saturated rings. The molecule has 0 bridgehead atoms. The number of halogens is 1. The minimum Gasteiger partial charge on any atom is -0.508 e. The van der Waals surface area contributed by atoms with Crippen LogP contribution < -0.4 is 11.1 Å². The molecular weight excluding hydrogens is 295 g/mol. The average Bonchev–Trinajstić information content (AvgIpc) is 2.92. The van der Waals surface area contributed by atoms with Crippen molar-refractivity contribution in [2.75, 3.05) is 0 Å². The number of hydrogen-bond acceptors (Lipinski definition) is 3. The fraction of sp³-hybridized carbons (Fsp3) is 0.278. The summed E-state index contributed by atoms with van der Waals surface area (Å²) in [6.45, 7) is 0. The highest BCUT2D eigenvalue weighted by atomic mass is 19.1. The molecular formula is C18H19FN2O2. The molecule has 3 rings (SSSR count). The number of carbonyl (C=O) groups is 1. The number of phenolic OH excluding ortho intramolecular Hbond substituents is 1. The minimum atomic E-state index is -0.524. The van der Waals surface area contributed by atoms with Crippen LogP contribution in [0, 0.1) is 5.82 Å². The van der Waals surface area contributed by atoms with Gasteiger partial charge in [0.1, 0.15) is 11.6 Å². The second kappa shape index (κ2) is 6.38. The van der Waals surface area contributed by atoms with Crippen molar-refractivity contribution in [3.8, 4) is 16.9 Å². The van der Waals surface area contributed by atoms with Gasteiger partial charge >= 0.3 is 0 Å². The van der Waals surface area contributed by atoms with Crippen molar-refractivity contribution in [3.63, 3.8) is 0 Å². The number of rotatable bonds is 3. The van der Waals surface area contributed by atoms with Crippen LogP contribution in [0.3, 0.4) is 0 Å². The van der Waals surface area contributed by atoms with E-state index in [1.54, 1.807) is 24.3 Å². The molecule has 5 heteroatoms. The van der Waals surface area contributed by atoms with Crippen LogP contribution in [0.25, 0.3) is 11.1 Å². The number of nitrogens with two attached hydrogens (primary N) is 1. The second-order valence-electron chi connectivity index (χ2n) is 5.99. The van der Waals surface area contributed by atoms with E-state index in [0.717, 1.165) is 25.3 Å². The van der Waals surface area contributed by atoms with E-state index < -0.39 is 5.82 Å². The van der Waals surface area contributed by atoms with Gasteiger partial charge in [0.05, 0.1) is 0 Å². The first-order valence-electron chi connectivity index (χ1n) is 7.68. The lowest BCUT2D eigenvalue weighted by Gasteiger charge is -2.13. The third kappa shape index (κ3) is 3.51. The van der Waals surface area contributed by atoms with Crippen molar-refractivity contribution >= 4 is 5.91 Å². The highest BCUT2D eigenvalue weighted by Crippen LogP contribution is 2.26. The van der Waals surface area contributed by atoms with Gasteiger partial charge in [0, 0.05) is 29.3 Å². The van der Waals surface area contributed by atoms with Gasteiger partial charge in [-0.3, -0.25) is 4.79 Å². The highest BCUT2D eigenvalue weighted by molar-refractivity contribution is 5.95. The molecule has 2 aromatic rings. The van der Waals surface area contributed by atoms with Crippen molar-refractivity contribution in [2.45, 2.75) is 31.3 Å². The van der Waals surface area contributed by atoms with Crippen molar-refractivity contribution in [2.24, 2.45) is 5.73 Å². The minimum absolute atomic E-state index is 0.103. The van der Waals surface area contributed by atoms with Crippen LogP contribution in [-0.2, 0) is 0 Å².